The highest BCUT2D eigenvalue weighted by molar-refractivity contribution is 5.05. The van der Waals surface area contributed by atoms with Crippen LogP contribution in [-0.4, -0.2) is 19.1 Å². The third kappa shape index (κ3) is 2.43. The molecule has 0 radical (unpaired) electrons. The minimum Gasteiger partial charge on any atom is -0.328 e. The van der Waals surface area contributed by atoms with E-state index in [-0.39, 0.29) is 0 Å². The molecule has 92 valence electrons. The lowest BCUT2D eigenvalue weighted by atomic mass is 9.86. The quantitative estimate of drug-likeness (QED) is 0.749. The normalized spacial score (nSPS) is 37.3. The smallest absolute Gasteiger partial charge is 0.00390 e. The molecule has 2 heteroatoms. The van der Waals surface area contributed by atoms with Crippen molar-refractivity contribution in [1.29, 1.82) is 0 Å². The molecule has 0 aromatic carbocycles. The molecule has 0 atom stereocenters. The van der Waals surface area contributed by atoms with Gasteiger partial charge in [-0.2, -0.15) is 0 Å². The zero-order chi connectivity index (χ0) is 11.0. The predicted molar refractivity (Wildman–Crippen MR) is 67.2 cm³/mol. The highest BCUT2D eigenvalue weighted by Crippen LogP contribution is 2.60. The van der Waals surface area contributed by atoms with Gasteiger partial charge >= 0.3 is 0 Å². The molecule has 16 heavy (non-hydrogen) atoms. The van der Waals surface area contributed by atoms with Crippen LogP contribution in [0.4, 0.5) is 0 Å². The summed E-state index contributed by atoms with van der Waals surface area (Å²) < 4.78 is 0. The fraction of sp³-hybridized carbons (Fsp3) is 1.00. The molecule has 3 saturated carbocycles. The Hall–Kier alpha value is -0.0800. The van der Waals surface area contributed by atoms with Gasteiger partial charge in [-0.25, -0.2) is 0 Å². The standard InChI is InChI=1S/C14H26N2/c15-13-5-1-11(2-6-13)9-16-10-14(7-8-14)12-3-4-12/h11-13,16H,1-10,15H2. The lowest BCUT2D eigenvalue weighted by molar-refractivity contribution is 0.299. The van der Waals surface area contributed by atoms with Crippen molar-refractivity contribution < 1.29 is 0 Å². The second-order valence-corrected chi connectivity index (χ2v) is 6.55. The predicted octanol–water partition coefficient (Wildman–Crippen LogP) is 2.28. The van der Waals surface area contributed by atoms with E-state index in [0.29, 0.717) is 6.04 Å². The Morgan fingerprint density at radius 3 is 2.25 bits per heavy atom. The molecule has 0 bridgehead atoms. The van der Waals surface area contributed by atoms with Crippen LogP contribution in [0.2, 0.25) is 0 Å². The van der Waals surface area contributed by atoms with Crippen LogP contribution in [0.5, 0.6) is 0 Å². The Morgan fingerprint density at radius 2 is 1.69 bits per heavy atom. The summed E-state index contributed by atoms with van der Waals surface area (Å²) in [5.74, 6) is 2.01. The van der Waals surface area contributed by atoms with Crippen LogP contribution in [0.15, 0.2) is 0 Å². The number of nitrogens with two attached hydrogens (primary N) is 1. The third-order valence-electron chi connectivity index (χ3n) is 5.14. The van der Waals surface area contributed by atoms with Crippen molar-refractivity contribution in [2.75, 3.05) is 13.1 Å². The monoisotopic (exact) mass is 222 g/mol. The van der Waals surface area contributed by atoms with Gasteiger partial charge in [0.15, 0.2) is 0 Å². The molecule has 0 aliphatic heterocycles. The average Bonchev–Trinajstić information content (AvgIpc) is 3.15. The van der Waals surface area contributed by atoms with Crippen LogP contribution < -0.4 is 11.1 Å². The molecule has 0 heterocycles. The van der Waals surface area contributed by atoms with Crippen molar-refractivity contribution in [1.82, 2.24) is 5.32 Å². The van der Waals surface area contributed by atoms with Gasteiger partial charge in [-0.05, 0) is 75.2 Å². The molecule has 0 aromatic heterocycles. The molecule has 0 spiro atoms. The number of nitrogens with one attached hydrogen (secondary N) is 1. The first-order valence-electron chi connectivity index (χ1n) is 7.25. The number of hydrogen-bond donors (Lipinski definition) is 2. The van der Waals surface area contributed by atoms with Gasteiger partial charge < -0.3 is 11.1 Å². The van der Waals surface area contributed by atoms with Gasteiger partial charge in [-0.3, -0.25) is 0 Å². The van der Waals surface area contributed by atoms with Gasteiger partial charge in [-0.1, -0.05) is 0 Å². The summed E-state index contributed by atoms with van der Waals surface area (Å²) in [5, 5.41) is 3.75. The van der Waals surface area contributed by atoms with E-state index >= 15 is 0 Å². The summed E-state index contributed by atoms with van der Waals surface area (Å²) in [5.41, 5.74) is 6.70. The second-order valence-electron chi connectivity index (χ2n) is 6.55. The summed E-state index contributed by atoms with van der Waals surface area (Å²) >= 11 is 0. The van der Waals surface area contributed by atoms with Crippen molar-refractivity contribution in [3.8, 4) is 0 Å². The highest BCUT2D eigenvalue weighted by Gasteiger charge is 2.53. The summed E-state index contributed by atoms with van der Waals surface area (Å²) in [6.45, 7) is 2.56. The second kappa shape index (κ2) is 4.30. The van der Waals surface area contributed by atoms with E-state index in [1.165, 1.54) is 64.5 Å². The first-order chi connectivity index (χ1) is 7.78. The largest absolute Gasteiger partial charge is 0.328 e. The SMILES string of the molecule is NC1CCC(CNCC2(C3CC3)CC2)CC1. The van der Waals surface area contributed by atoms with Crippen LogP contribution in [0.25, 0.3) is 0 Å². The summed E-state index contributed by atoms with van der Waals surface area (Å²) in [6, 6.07) is 0.498. The average molecular weight is 222 g/mol. The van der Waals surface area contributed by atoms with Crippen molar-refractivity contribution in [2.24, 2.45) is 23.0 Å². The van der Waals surface area contributed by atoms with Crippen molar-refractivity contribution >= 4 is 0 Å². The Balaban J connectivity index is 1.34. The minimum atomic E-state index is 0.498. The number of hydrogen-bond acceptors (Lipinski definition) is 2. The van der Waals surface area contributed by atoms with E-state index in [1.807, 2.05) is 0 Å². The first kappa shape index (κ1) is 11.0. The van der Waals surface area contributed by atoms with Crippen LogP contribution >= 0.6 is 0 Å². The first-order valence-corrected chi connectivity index (χ1v) is 7.25. The zero-order valence-electron chi connectivity index (χ0n) is 10.4. The van der Waals surface area contributed by atoms with Gasteiger partial charge in [0.2, 0.25) is 0 Å². The van der Waals surface area contributed by atoms with Crippen LogP contribution in [0.1, 0.15) is 51.4 Å². The van der Waals surface area contributed by atoms with E-state index < -0.39 is 0 Å². The molecule has 3 fully saturated rings. The maximum Gasteiger partial charge on any atom is 0.00390 e. The molecule has 3 aliphatic rings. The van der Waals surface area contributed by atoms with E-state index in [1.54, 1.807) is 0 Å². The number of rotatable bonds is 5. The third-order valence-corrected chi connectivity index (χ3v) is 5.14. The van der Waals surface area contributed by atoms with Gasteiger partial charge in [0.05, 0.1) is 0 Å². The molecular weight excluding hydrogens is 196 g/mol. The summed E-state index contributed by atoms with van der Waals surface area (Å²) in [7, 11) is 0. The van der Waals surface area contributed by atoms with Crippen LogP contribution in [0.3, 0.4) is 0 Å². The van der Waals surface area contributed by atoms with E-state index in [4.69, 9.17) is 5.73 Å². The molecular formula is C14H26N2. The van der Waals surface area contributed by atoms with Gasteiger partial charge in [-0.15, -0.1) is 0 Å². The zero-order valence-corrected chi connectivity index (χ0v) is 10.4. The van der Waals surface area contributed by atoms with E-state index in [0.717, 1.165) is 17.3 Å². The van der Waals surface area contributed by atoms with Crippen LogP contribution in [-0.2, 0) is 0 Å². The molecule has 3 rings (SSSR count). The molecule has 2 nitrogen and oxygen atoms in total. The Bertz CT molecular complexity index is 235. The molecule has 0 aromatic rings. The Morgan fingerprint density at radius 1 is 1.00 bits per heavy atom. The van der Waals surface area contributed by atoms with Gasteiger partial charge in [0, 0.05) is 12.6 Å². The van der Waals surface area contributed by atoms with Gasteiger partial charge in [0.1, 0.15) is 0 Å². The van der Waals surface area contributed by atoms with Crippen LogP contribution in [0, 0.1) is 17.3 Å². The Labute approximate surface area is 99.4 Å². The summed E-state index contributed by atoms with van der Waals surface area (Å²) in [6.07, 6.45) is 11.2. The maximum atomic E-state index is 5.93. The fourth-order valence-corrected chi connectivity index (χ4v) is 3.50. The molecule has 0 amide bonds. The van der Waals surface area contributed by atoms with E-state index in [9.17, 15) is 0 Å². The molecule has 0 saturated heterocycles. The maximum absolute atomic E-state index is 5.93. The Kier molecular flexibility index (Phi) is 2.97. The van der Waals surface area contributed by atoms with E-state index in [2.05, 4.69) is 5.32 Å². The van der Waals surface area contributed by atoms with Crippen molar-refractivity contribution in [2.45, 2.75) is 57.4 Å². The van der Waals surface area contributed by atoms with Crippen molar-refractivity contribution in [3.05, 3.63) is 0 Å². The summed E-state index contributed by atoms with van der Waals surface area (Å²) in [4.78, 5) is 0. The van der Waals surface area contributed by atoms with Crippen molar-refractivity contribution in [3.63, 3.8) is 0 Å². The lowest BCUT2D eigenvalue weighted by Crippen LogP contribution is -2.34. The lowest BCUT2D eigenvalue weighted by Gasteiger charge is -2.27. The minimum absolute atomic E-state index is 0.498. The van der Waals surface area contributed by atoms with Gasteiger partial charge in [0.25, 0.3) is 0 Å². The fourth-order valence-electron chi connectivity index (χ4n) is 3.50. The topological polar surface area (TPSA) is 38.0 Å². The molecule has 3 aliphatic carbocycles. The molecule has 0 unspecified atom stereocenters. The highest BCUT2D eigenvalue weighted by atomic mass is 14.9. The molecule has 3 N–H and O–H groups in total.